The van der Waals surface area contributed by atoms with Crippen LogP contribution in [0.3, 0.4) is 0 Å². The summed E-state index contributed by atoms with van der Waals surface area (Å²) in [6.07, 6.45) is 7.03. The molecular weight excluding hydrogens is 364 g/mol. The maximum atomic E-state index is 12.2. The molecule has 0 saturated carbocycles. The number of hydrogen-bond acceptors (Lipinski definition) is 6. The summed E-state index contributed by atoms with van der Waals surface area (Å²) < 4.78 is 13.2. The van der Waals surface area contributed by atoms with Crippen LogP contribution in [0, 0.1) is 0 Å². The van der Waals surface area contributed by atoms with E-state index in [9.17, 15) is 4.79 Å². The largest absolute Gasteiger partial charge is 0.444 e. The normalized spacial score (nSPS) is 22.3. The Labute approximate surface area is 163 Å². The Morgan fingerprint density at radius 2 is 2.04 bits per heavy atom. The molecule has 8 heteroatoms. The predicted octanol–water partition coefficient (Wildman–Crippen LogP) is 4.31. The van der Waals surface area contributed by atoms with Crippen molar-refractivity contribution in [2.45, 2.75) is 70.6 Å². The Hall–Kier alpha value is -1.67. The first-order valence-corrected chi connectivity index (χ1v) is 10.7. The maximum Gasteiger partial charge on any atom is 0.410 e. The standard InChI is InChI=1S/C19H28N4O3S/c1-19(2,3)26-18(24)22-9-7-13(8-10-22)16-20-14-12-23(21-17(14)27-16)15-6-4-5-11-25-15/h12-13,15H,4-11H2,1-3H3. The number of amides is 1. The molecule has 7 nitrogen and oxygen atoms in total. The highest BCUT2D eigenvalue weighted by Crippen LogP contribution is 2.34. The van der Waals surface area contributed by atoms with Crippen molar-refractivity contribution >= 4 is 27.8 Å². The number of piperidine rings is 1. The van der Waals surface area contributed by atoms with Gasteiger partial charge in [-0.3, -0.25) is 0 Å². The van der Waals surface area contributed by atoms with Crippen LogP contribution in [0.25, 0.3) is 10.3 Å². The number of carbonyl (C=O) groups is 1. The highest BCUT2D eigenvalue weighted by molar-refractivity contribution is 7.18. The third-order valence-corrected chi connectivity index (χ3v) is 6.18. The van der Waals surface area contributed by atoms with E-state index in [1.165, 1.54) is 6.42 Å². The van der Waals surface area contributed by atoms with Crippen molar-refractivity contribution in [2.24, 2.45) is 0 Å². The van der Waals surface area contributed by atoms with Crippen LogP contribution >= 0.6 is 11.3 Å². The van der Waals surface area contributed by atoms with E-state index in [1.807, 2.05) is 36.5 Å². The average molecular weight is 393 g/mol. The van der Waals surface area contributed by atoms with E-state index in [0.29, 0.717) is 19.0 Å². The van der Waals surface area contributed by atoms with Gasteiger partial charge in [0.15, 0.2) is 4.83 Å². The van der Waals surface area contributed by atoms with Gasteiger partial charge in [0.25, 0.3) is 0 Å². The lowest BCUT2D eigenvalue weighted by molar-refractivity contribution is -0.0390. The van der Waals surface area contributed by atoms with Gasteiger partial charge < -0.3 is 14.4 Å². The number of fused-ring (bicyclic) bond motifs is 1. The predicted molar refractivity (Wildman–Crippen MR) is 104 cm³/mol. The molecule has 27 heavy (non-hydrogen) atoms. The number of ether oxygens (including phenoxy) is 2. The van der Waals surface area contributed by atoms with Crippen molar-refractivity contribution in [2.75, 3.05) is 19.7 Å². The molecule has 2 aromatic rings. The lowest BCUT2D eigenvalue weighted by atomic mass is 9.98. The van der Waals surface area contributed by atoms with Gasteiger partial charge in [-0.25, -0.2) is 14.5 Å². The van der Waals surface area contributed by atoms with Crippen LogP contribution in [0.2, 0.25) is 0 Å². The van der Waals surface area contributed by atoms with Crippen molar-refractivity contribution in [3.8, 4) is 0 Å². The molecule has 0 bridgehead atoms. The second-order valence-electron chi connectivity index (χ2n) is 8.41. The number of nitrogens with zero attached hydrogens (tertiary/aromatic N) is 4. The second-order valence-corrected chi connectivity index (χ2v) is 9.42. The Morgan fingerprint density at radius 3 is 2.67 bits per heavy atom. The minimum atomic E-state index is -0.449. The van der Waals surface area contributed by atoms with Crippen molar-refractivity contribution in [3.63, 3.8) is 0 Å². The van der Waals surface area contributed by atoms with Crippen LogP contribution in [-0.2, 0) is 9.47 Å². The maximum absolute atomic E-state index is 12.2. The van der Waals surface area contributed by atoms with Gasteiger partial charge in [-0.15, -0.1) is 0 Å². The van der Waals surface area contributed by atoms with Crippen molar-refractivity contribution in [3.05, 3.63) is 11.2 Å². The number of carbonyl (C=O) groups excluding carboxylic acids is 1. The summed E-state index contributed by atoms with van der Waals surface area (Å²) in [5, 5.41) is 5.83. The fraction of sp³-hybridized carbons (Fsp3) is 0.737. The first-order valence-electron chi connectivity index (χ1n) is 9.84. The van der Waals surface area contributed by atoms with E-state index >= 15 is 0 Å². The Balaban J connectivity index is 1.37. The monoisotopic (exact) mass is 392 g/mol. The average Bonchev–Trinajstić information content (AvgIpc) is 3.20. The highest BCUT2D eigenvalue weighted by atomic mass is 32.1. The van der Waals surface area contributed by atoms with Crippen LogP contribution in [0.4, 0.5) is 4.79 Å². The van der Waals surface area contributed by atoms with Crippen LogP contribution in [0.1, 0.15) is 70.0 Å². The van der Waals surface area contributed by atoms with Gasteiger partial charge >= 0.3 is 6.09 Å². The molecule has 0 aromatic carbocycles. The van der Waals surface area contributed by atoms with E-state index in [1.54, 1.807) is 11.3 Å². The summed E-state index contributed by atoms with van der Waals surface area (Å²) in [6, 6.07) is 0. The molecule has 4 heterocycles. The molecule has 1 atom stereocenters. The van der Waals surface area contributed by atoms with E-state index in [0.717, 1.165) is 47.6 Å². The van der Waals surface area contributed by atoms with Gasteiger partial charge in [-0.05, 0) is 52.9 Å². The molecule has 1 amide bonds. The van der Waals surface area contributed by atoms with Gasteiger partial charge in [0, 0.05) is 25.6 Å². The third kappa shape index (κ3) is 4.27. The molecule has 2 aliphatic rings. The Morgan fingerprint density at radius 1 is 1.26 bits per heavy atom. The van der Waals surface area contributed by atoms with Crippen LogP contribution < -0.4 is 0 Å². The molecular formula is C19H28N4O3S. The van der Waals surface area contributed by atoms with E-state index < -0.39 is 5.60 Å². The number of thiazole rings is 1. The smallest absolute Gasteiger partial charge is 0.410 e. The number of rotatable bonds is 2. The number of aromatic nitrogens is 3. The van der Waals surface area contributed by atoms with E-state index in [2.05, 4.69) is 0 Å². The topological polar surface area (TPSA) is 69.5 Å². The van der Waals surface area contributed by atoms with Crippen LogP contribution in [0.5, 0.6) is 0 Å². The second kappa shape index (κ2) is 7.39. The van der Waals surface area contributed by atoms with Crippen LogP contribution in [-0.4, -0.2) is 51.1 Å². The molecule has 0 spiro atoms. The summed E-state index contributed by atoms with van der Waals surface area (Å²) in [5.41, 5.74) is 0.508. The fourth-order valence-corrected chi connectivity index (χ4v) is 4.73. The zero-order valence-electron chi connectivity index (χ0n) is 16.3. The summed E-state index contributed by atoms with van der Waals surface area (Å²) in [7, 11) is 0. The van der Waals surface area contributed by atoms with E-state index in [-0.39, 0.29) is 12.3 Å². The SMILES string of the molecule is CC(C)(C)OC(=O)N1CCC(c2nc3cn(C4CCCCO4)nc3s2)CC1. The van der Waals surface area contributed by atoms with Crippen molar-refractivity contribution in [1.82, 2.24) is 19.7 Å². The van der Waals surface area contributed by atoms with Gasteiger partial charge in [-0.2, -0.15) is 5.10 Å². The zero-order chi connectivity index (χ0) is 19.0. The molecule has 148 valence electrons. The lowest BCUT2D eigenvalue weighted by Gasteiger charge is -2.32. The van der Waals surface area contributed by atoms with Gasteiger partial charge in [-0.1, -0.05) is 11.3 Å². The number of likely N-dealkylation sites (tertiary alicyclic amines) is 1. The molecule has 0 N–H and O–H groups in total. The lowest BCUT2D eigenvalue weighted by Crippen LogP contribution is -2.41. The quantitative estimate of drug-likeness (QED) is 0.762. The molecule has 2 saturated heterocycles. The third-order valence-electron chi connectivity index (χ3n) is 5.06. The van der Waals surface area contributed by atoms with E-state index in [4.69, 9.17) is 19.6 Å². The summed E-state index contributed by atoms with van der Waals surface area (Å²) >= 11 is 1.67. The zero-order valence-corrected chi connectivity index (χ0v) is 17.1. The minimum absolute atomic E-state index is 0.0562. The van der Waals surface area contributed by atoms with Crippen molar-refractivity contribution in [1.29, 1.82) is 0 Å². The molecule has 2 fully saturated rings. The van der Waals surface area contributed by atoms with Gasteiger partial charge in [0.2, 0.25) is 0 Å². The molecule has 4 rings (SSSR count). The highest BCUT2D eigenvalue weighted by Gasteiger charge is 2.29. The first kappa shape index (κ1) is 18.7. The summed E-state index contributed by atoms with van der Waals surface area (Å²) in [4.78, 5) is 19.8. The summed E-state index contributed by atoms with van der Waals surface area (Å²) in [6.45, 7) is 7.94. The molecule has 0 aliphatic carbocycles. The number of hydrogen-bond donors (Lipinski definition) is 0. The van der Waals surface area contributed by atoms with Crippen molar-refractivity contribution < 1.29 is 14.3 Å². The summed E-state index contributed by atoms with van der Waals surface area (Å²) in [5.74, 6) is 0.391. The molecule has 2 aromatic heterocycles. The van der Waals surface area contributed by atoms with Crippen LogP contribution in [0.15, 0.2) is 6.20 Å². The Bertz CT molecular complexity index is 764. The first-order chi connectivity index (χ1) is 12.9. The Kier molecular flexibility index (Phi) is 5.11. The fourth-order valence-electron chi connectivity index (χ4n) is 3.65. The van der Waals surface area contributed by atoms with Gasteiger partial charge in [0.1, 0.15) is 17.3 Å². The molecule has 2 aliphatic heterocycles. The molecule has 0 radical (unpaired) electrons. The minimum Gasteiger partial charge on any atom is -0.444 e. The van der Waals surface area contributed by atoms with Gasteiger partial charge in [0.05, 0.1) is 11.2 Å². The molecule has 1 unspecified atom stereocenters.